The highest BCUT2D eigenvalue weighted by atomic mass is 16.2. The van der Waals surface area contributed by atoms with Gasteiger partial charge in [0.2, 0.25) is 5.91 Å². The van der Waals surface area contributed by atoms with Crippen molar-refractivity contribution in [2.24, 2.45) is 5.73 Å². The summed E-state index contributed by atoms with van der Waals surface area (Å²) < 4.78 is 0. The van der Waals surface area contributed by atoms with Crippen LogP contribution in [0.1, 0.15) is 13.8 Å². The highest BCUT2D eigenvalue weighted by Gasteiger charge is 2.30. The Kier molecular flexibility index (Phi) is 3.65. The number of nitrogens with one attached hydrogen (secondary N) is 2. The minimum atomic E-state index is -0.798. The third-order valence-corrected chi connectivity index (χ3v) is 2.57. The zero-order chi connectivity index (χ0) is 11.5. The van der Waals surface area contributed by atoms with E-state index >= 15 is 0 Å². The van der Waals surface area contributed by atoms with E-state index in [4.69, 9.17) is 5.73 Å². The standard InChI is InChI=1S/C9H18N4O2/c1-9(2)6-11-3-4-13(9)5-7(14)12-8(10)15/h11H,3-6H2,1-2H3,(H3,10,12,14,15). The lowest BCUT2D eigenvalue weighted by Crippen LogP contribution is -2.60. The number of piperazine rings is 1. The van der Waals surface area contributed by atoms with Crippen LogP contribution in [0, 0.1) is 0 Å². The highest BCUT2D eigenvalue weighted by Crippen LogP contribution is 2.15. The molecular weight excluding hydrogens is 196 g/mol. The molecule has 1 fully saturated rings. The van der Waals surface area contributed by atoms with Crippen LogP contribution in [0.15, 0.2) is 0 Å². The molecule has 3 amide bonds. The summed E-state index contributed by atoms with van der Waals surface area (Å²) in [6.45, 7) is 6.79. The Labute approximate surface area is 89.2 Å². The van der Waals surface area contributed by atoms with Gasteiger partial charge >= 0.3 is 6.03 Å². The highest BCUT2D eigenvalue weighted by molar-refractivity contribution is 5.94. The third kappa shape index (κ3) is 3.49. The molecule has 0 radical (unpaired) electrons. The van der Waals surface area contributed by atoms with E-state index in [-0.39, 0.29) is 18.0 Å². The first-order valence-electron chi connectivity index (χ1n) is 4.97. The Morgan fingerprint density at radius 1 is 1.53 bits per heavy atom. The number of rotatable bonds is 2. The van der Waals surface area contributed by atoms with Crippen molar-refractivity contribution >= 4 is 11.9 Å². The van der Waals surface area contributed by atoms with Crippen LogP contribution in [0.4, 0.5) is 4.79 Å². The monoisotopic (exact) mass is 214 g/mol. The van der Waals surface area contributed by atoms with Gasteiger partial charge in [0.15, 0.2) is 0 Å². The maximum Gasteiger partial charge on any atom is 0.318 e. The molecule has 0 atom stereocenters. The average Bonchev–Trinajstić information content (AvgIpc) is 2.07. The number of hydrogen-bond acceptors (Lipinski definition) is 4. The van der Waals surface area contributed by atoms with Crippen molar-refractivity contribution in [3.8, 4) is 0 Å². The van der Waals surface area contributed by atoms with Gasteiger partial charge in [-0.05, 0) is 13.8 Å². The van der Waals surface area contributed by atoms with Crippen LogP contribution < -0.4 is 16.4 Å². The van der Waals surface area contributed by atoms with E-state index < -0.39 is 6.03 Å². The van der Waals surface area contributed by atoms with Gasteiger partial charge in [0.1, 0.15) is 0 Å². The number of primary amides is 1. The molecule has 0 aromatic rings. The molecule has 0 unspecified atom stereocenters. The summed E-state index contributed by atoms with van der Waals surface area (Å²) in [6.07, 6.45) is 0. The van der Waals surface area contributed by atoms with Crippen LogP contribution in [-0.2, 0) is 4.79 Å². The van der Waals surface area contributed by atoms with Gasteiger partial charge in [-0.1, -0.05) is 0 Å². The molecule has 6 nitrogen and oxygen atoms in total. The summed E-state index contributed by atoms with van der Waals surface area (Å²) in [7, 11) is 0. The molecular formula is C9H18N4O2. The fraction of sp³-hybridized carbons (Fsp3) is 0.778. The van der Waals surface area contributed by atoms with Gasteiger partial charge in [-0.3, -0.25) is 15.0 Å². The predicted octanol–water partition coefficient (Wildman–Crippen LogP) is -1.13. The van der Waals surface area contributed by atoms with Crippen molar-refractivity contribution in [1.82, 2.24) is 15.5 Å². The van der Waals surface area contributed by atoms with Gasteiger partial charge in [0.25, 0.3) is 0 Å². The topological polar surface area (TPSA) is 87.5 Å². The molecule has 0 spiro atoms. The Hall–Kier alpha value is -1.14. The Bertz CT molecular complexity index is 265. The predicted molar refractivity (Wildman–Crippen MR) is 56.2 cm³/mol. The normalized spacial score (nSPS) is 20.9. The average molecular weight is 214 g/mol. The molecule has 0 aromatic carbocycles. The number of nitrogens with two attached hydrogens (primary N) is 1. The first-order chi connectivity index (χ1) is 6.92. The van der Waals surface area contributed by atoms with Crippen LogP contribution in [0.3, 0.4) is 0 Å². The lowest BCUT2D eigenvalue weighted by atomic mass is 10.0. The molecule has 0 bridgehead atoms. The number of amides is 3. The SMILES string of the molecule is CC1(C)CNCCN1CC(=O)NC(N)=O. The first-order valence-corrected chi connectivity index (χ1v) is 4.97. The van der Waals surface area contributed by atoms with E-state index in [2.05, 4.69) is 24.5 Å². The van der Waals surface area contributed by atoms with Crippen LogP contribution in [0.25, 0.3) is 0 Å². The van der Waals surface area contributed by atoms with Crippen molar-refractivity contribution in [2.45, 2.75) is 19.4 Å². The zero-order valence-electron chi connectivity index (χ0n) is 9.17. The summed E-state index contributed by atoms with van der Waals surface area (Å²) in [5.74, 6) is -0.350. The molecule has 0 aliphatic carbocycles. The third-order valence-electron chi connectivity index (χ3n) is 2.57. The smallest absolute Gasteiger partial charge is 0.318 e. The number of carbonyl (C=O) groups excluding carboxylic acids is 2. The van der Waals surface area contributed by atoms with Crippen molar-refractivity contribution in [3.63, 3.8) is 0 Å². The quantitative estimate of drug-likeness (QED) is 0.542. The second-order valence-corrected chi connectivity index (χ2v) is 4.32. The van der Waals surface area contributed by atoms with Crippen LogP contribution in [0.2, 0.25) is 0 Å². The van der Waals surface area contributed by atoms with Crippen molar-refractivity contribution in [2.75, 3.05) is 26.2 Å². The van der Waals surface area contributed by atoms with Gasteiger partial charge in [-0.2, -0.15) is 0 Å². The lowest BCUT2D eigenvalue weighted by molar-refractivity contribution is -0.122. The Morgan fingerprint density at radius 2 is 2.20 bits per heavy atom. The van der Waals surface area contributed by atoms with E-state index in [0.717, 1.165) is 19.6 Å². The number of hydrogen-bond donors (Lipinski definition) is 3. The van der Waals surface area contributed by atoms with Crippen molar-refractivity contribution in [1.29, 1.82) is 0 Å². The summed E-state index contributed by atoms with van der Waals surface area (Å²) in [5.41, 5.74) is 4.79. The van der Waals surface area contributed by atoms with Crippen LogP contribution in [-0.4, -0.2) is 48.6 Å². The molecule has 1 aliphatic rings. The van der Waals surface area contributed by atoms with E-state index in [9.17, 15) is 9.59 Å². The van der Waals surface area contributed by atoms with Gasteiger partial charge in [0.05, 0.1) is 6.54 Å². The number of urea groups is 1. The number of carbonyl (C=O) groups is 2. The van der Waals surface area contributed by atoms with Crippen LogP contribution in [0.5, 0.6) is 0 Å². The molecule has 0 saturated carbocycles. The maximum absolute atomic E-state index is 11.3. The van der Waals surface area contributed by atoms with E-state index in [1.807, 2.05) is 4.90 Å². The fourth-order valence-corrected chi connectivity index (χ4v) is 1.67. The summed E-state index contributed by atoms with van der Waals surface area (Å²) in [6, 6.07) is -0.798. The molecule has 4 N–H and O–H groups in total. The van der Waals surface area contributed by atoms with E-state index in [1.54, 1.807) is 0 Å². The van der Waals surface area contributed by atoms with Gasteiger partial charge < -0.3 is 11.1 Å². The number of nitrogens with zero attached hydrogens (tertiary/aromatic N) is 1. The summed E-state index contributed by atoms with van der Waals surface area (Å²) >= 11 is 0. The molecule has 1 heterocycles. The van der Waals surface area contributed by atoms with E-state index in [1.165, 1.54) is 0 Å². The van der Waals surface area contributed by atoms with Gasteiger partial charge in [-0.15, -0.1) is 0 Å². The zero-order valence-corrected chi connectivity index (χ0v) is 9.17. The molecule has 6 heteroatoms. The minimum Gasteiger partial charge on any atom is -0.351 e. The largest absolute Gasteiger partial charge is 0.351 e. The fourth-order valence-electron chi connectivity index (χ4n) is 1.67. The second-order valence-electron chi connectivity index (χ2n) is 4.32. The molecule has 0 aromatic heterocycles. The minimum absolute atomic E-state index is 0.0762. The van der Waals surface area contributed by atoms with E-state index in [0.29, 0.717) is 0 Å². The molecule has 1 aliphatic heterocycles. The Balaban J connectivity index is 2.49. The Morgan fingerprint density at radius 3 is 2.73 bits per heavy atom. The number of imide groups is 1. The van der Waals surface area contributed by atoms with Gasteiger partial charge in [0, 0.05) is 25.2 Å². The molecule has 1 rings (SSSR count). The lowest BCUT2D eigenvalue weighted by Gasteiger charge is -2.42. The summed E-state index contributed by atoms with van der Waals surface area (Å²) in [4.78, 5) is 23.8. The van der Waals surface area contributed by atoms with Crippen LogP contribution >= 0.6 is 0 Å². The van der Waals surface area contributed by atoms with Gasteiger partial charge in [-0.25, -0.2) is 4.79 Å². The molecule has 1 saturated heterocycles. The van der Waals surface area contributed by atoms with Crippen molar-refractivity contribution in [3.05, 3.63) is 0 Å². The first kappa shape index (κ1) is 11.9. The van der Waals surface area contributed by atoms with Crippen molar-refractivity contribution < 1.29 is 9.59 Å². The second kappa shape index (κ2) is 4.59. The summed E-state index contributed by atoms with van der Waals surface area (Å²) in [5, 5.41) is 5.32. The molecule has 15 heavy (non-hydrogen) atoms. The maximum atomic E-state index is 11.3. The molecule has 86 valence electrons.